The highest BCUT2D eigenvalue weighted by Crippen LogP contribution is 2.40. The fourth-order valence-corrected chi connectivity index (χ4v) is 5.16. The van der Waals surface area contributed by atoms with Crippen molar-refractivity contribution in [1.82, 2.24) is 4.90 Å². The molecular formula is C24H31NO2S. The number of carbonyl (C=O) groups is 1. The number of amides is 1. The number of nitrogens with zero attached hydrogens (tertiary/aromatic N) is 1. The summed E-state index contributed by atoms with van der Waals surface area (Å²) in [5.41, 5.74) is 1.38. The molecule has 3 nitrogen and oxygen atoms in total. The molecule has 0 saturated carbocycles. The van der Waals surface area contributed by atoms with E-state index in [0.29, 0.717) is 12.3 Å². The van der Waals surface area contributed by atoms with Gasteiger partial charge in [0.2, 0.25) is 5.91 Å². The van der Waals surface area contributed by atoms with Crippen LogP contribution < -0.4 is 4.74 Å². The molecule has 0 aromatic heterocycles. The molecule has 1 aliphatic heterocycles. The van der Waals surface area contributed by atoms with Crippen LogP contribution in [0, 0.1) is 11.3 Å². The normalized spacial score (nSPS) is 18.1. The third-order valence-corrected chi connectivity index (χ3v) is 6.08. The Bertz CT molecular complexity index is 785. The van der Waals surface area contributed by atoms with Crippen molar-refractivity contribution in [2.24, 2.45) is 11.3 Å². The van der Waals surface area contributed by atoms with Gasteiger partial charge in [-0.1, -0.05) is 58.0 Å². The Morgan fingerprint density at radius 2 is 1.86 bits per heavy atom. The van der Waals surface area contributed by atoms with Crippen molar-refractivity contribution in [1.29, 1.82) is 0 Å². The predicted octanol–water partition coefficient (Wildman–Crippen LogP) is 6.52. The van der Waals surface area contributed by atoms with Gasteiger partial charge in [-0.25, -0.2) is 0 Å². The number of benzene rings is 2. The number of hydrogen-bond acceptors (Lipinski definition) is 3. The molecule has 150 valence electrons. The van der Waals surface area contributed by atoms with Crippen LogP contribution in [0.1, 0.15) is 51.5 Å². The van der Waals surface area contributed by atoms with Crippen LogP contribution in [0.5, 0.6) is 11.5 Å². The maximum absolute atomic E-state index is 13.0. The lowest BCUT2D eigenvalue weighted by atomic mass is 9.84. The zero-order valence-electron chi connectivity index (χ0n) is 17.4. The van der Waals surface area contributed by atoms with E-state index < -0.39 is 0 Å². The second kappa shape index (κ2) is 9.04. The molecule has 1 amide bonds. The maximum atomic E-state index is 13.0. The molecule has 0 bridgehead atoms. The van der Waals surface area contributed by atoms with Gasteiger partial charge in [-0.3, -0.25) is 4.79 Å². The third-order valence-electron chi connectivity index (χ3n) is 4.82. The van der Waals surface area contributed by atoms with Crippen molar-refractivity contribution in [3.05, 3.63) is 60.2 Å². The molecule has 2 atom stereocenters. The number of thioether (sulfide) groups is 1. The summed E-state index contributed by atoms with van der Waals surface area (Å²) in [6, 6.07) is 17.9. The summed E-state index contributed by atoms with van der Waals surface area (Å²) >= 11 is 1.84. The number of rotatable bonds is 6. The second-order valence-corrected chi connectivity index (χ2v) is 10.1. The highest BCUT2D eigenvalue weighted by Gasteiger charge is 2.31. The molecule has 28 heavy (non-hydrogen) atoms. The predicted molar refractivity (Wildman–Crippen MR) is 118 cm³/mol. The Kier molecular flexibility index (Phi) is 6.71. The summed E-state index contributed by atoms with van der Waals surface area (Å²) in [4.78, 5) is 15.0. The van der Waals surface area contributed by atoms with Gasteiger partial charge in [0.15, 0.2) is 0 Å². The lowest BCUT2D eigenvalue weighted by Gasteiger charge is -2.28. The van der Waals surface area contributed by atoms with E-state index in [1.807, 2.05) is 59.1 Å². The molecule has 2 unspecified atom stereocenters. The Morgan fingerprint density at radius 3 is 2.57 bits per heavy atom. The van der Waals surface area contributed by atoms with Gasteiger partial charge in [0, 0.05) is 18.7 Å². The van der Waals surface area contributed by atoms with Gasteiger partial charge in [0.05, 0.1) is 0 Å². The lowest BCUT2D eigenvalue weighted by Crippen LogP contribution is -2.32. The van der Waals surface area contributed by atoms with E-state index in [9.17, 15) is 4.79 Å². The molecule has 0 spiro atoms. The van der Waals surface area contributed by atoms with Crippen LogP contribution >= 0.6 is 11.8 Å². The minimum absolute atomic E-state index is 0.0775. The van der Waals surface area contributed by atoms with Crippen molar-refractivity contribution >= 4 is 17.7 Å². The van der Waals surface area contributed by atoms with Crippen LogP contribution in [0.25, 0.3) is 0 Å². The van der Waals surface area contributed by atoms with Gasteiger partial charge >= 0.3 is 0 Å². The summed E-state index contributed by atoms with van der Waals surface area (Å²) in [7, 11) is 0. The van der Waals surface area contributed by atoms with E-state index in [1.165, 1.54) is 0 Å². The SMILES string of the molecule is CC(CC(=O)N1CCSC1c1cccc(Oc2ccccc2)c1)CC(C)(C)C. The van der Waals surface area contributed by atoms with E-state index in [1.54, 1.807) is 0 Å². The Labute approximate surface area is 173 Å². The van der Waals surface area contributed by atoms with Gasteiger partial charge in [0.1, 0.15) is 16.9 Å². The van der Waals surface area contributed by atoms with E-state index in [2.05, 4.69) is 39.8 Å². The molecule has 1 heterocycles. The first kappa shape index (κ1) is 20.8. The number of ether oxygens (including phenoxy) is 1. The van der Waals surface area contributed by atoms with Gasteiger partial charge < -0.3 is 9.64 Å². The fourth-order valence-electron chi connectivity index (χ4n) is 3.89. The van der Waals surface area contributed by atoms with Crippen LogP contribution in [0.3, 0.4) is 0 Å². The van der Waals surface area contributed by atoms with Gasteiger partial charge in [-0.2, -0.15) is 0 Å². The van der Waals surface area contributed by atoms with E-state index in [-0.39, 0.29) is 16.7 Å². The monoisotopic (exact) mass is 397 g/mol. The molecule has 1 saturated heterocycles. The maximum Gasteiger partial charge on any atom is 0.224 e. The molecule has 2 aromatic carbocycles. The van der Waals surface area contributed by atoms with Crippen molar-refractivity contribution in [2.75, 3.05) is 12.3 Å². The zero-order chi connectivity index (χ0) is 20.1. The summed E-state index contributed by atoms with van der Waals surface area (Å²) in [5, 5.41) is 0.0775. The minimum Gasteiger partial charge on any atom is -0.457 e. The Balaban J connectivity index is 1.68. The molecule has 4 heteroatoms. The minimum atomic E-state index is 0.0775. The first-order chi connectivity index (χ1) is 13.3. The van der Waals surface area contributed by atoms with E-state index in [0.717, 1.165) is 35.8 Å². The highest BCUT2D eigenvalue weighted by molar-refractivity contribution is 7.99. The molecule has 0 aliphatic carbocycles. The quantitative estimate of drug-likeness (QED) is 0.556. The molecule has 2 aromatic rings. The van der Waals surface area contributed by atoms with Crippen molar-refractivity contribution in [3.63, 3.8) is 0 Å². The van der Waals surface area contributed by atoms with E-state index in [4.69, 9.17) is 4.74 Å². The van der Waals surface area contributed by atoms with Crippen molar-refractivity contribution < 1.29 is 9.53 Å². The number of carbonyl (C=O) groups excluding carboxylic acids is 1. The van der Waals surface area contributed by atoms with Gasteiger partial charge in [-0.15, -0.1) is 11.8 Å². The van der Waals surface area contributed by atoms with Crippen LogP contribution in [-0.2, 0) is 4.79 Å². The van der Waals surface area contributed by atoms with Crippen LogP contribution in [-0.4, -0.2) is 23.1 Å². The van der Waals surface area contributed by atoms with Crippen LogP contribution in [0.15, 0.2) is 54.6 Å². The standard InChI is InChI=1S/C24H31NO2S/c1-18(17-24(2,3)4)15-22(26)25-13-14-28-23(25)19-9-8-12-21(16-19)27-20-10-6-5-7-11-20/h5-12,16,18,23H,13-15,17H2,1-4H3. The first-order valence-electron chi connectivity index (χ1n) is 10.1. The summed E-state index contributed by atoms with van der Waals surface area (Å²) in [6.45, 7) is 9.72. The molecule has 0 radical (unpaired) electrons. The summed E-state index contributed by atoms with van der Waals surface area (Å²) in [6.07, 6.45) is 1.68. The largest absolute Gasteiger partial charge is 0.457 e. The Morgan fingerprint density at radius 1 is 1.14 bits per heavy atom. The average molecular weight is 398 g/mol. The molecule has 0 N–H and O–H groups in total. The zero-order valence-corrected chi connectivity index (χ0v) is 18.2. The molecule has 3 rings (SSSR count). The summed E-state index contributed by atoms with van der Waals surface area (Å²) in [5.74, 6) is 3.27. The van der Waals surface area contributed by atoms with Crippen LogP contribution in [0.2, 0.25) is 0 Å². The second-order valence-electron chi connectivity index (χ2n) is 8.87. The molecular weight excluding hydrogens is 366 g/mol. The average Bonchev–Trinajstić information content (AvgIpc) is 3.11. The van der Waals surface area contributed by atoms with Crippen LogP contribution in [0.4, 0.5) is 0 Å². The molecule has 1 fully saturated rings. The van der Waals surface area contributed by atoms with E-state index >= 15 is 0 Å². The third kappa shape index (κ3) is 5.78. The highest BCUT2D eigenvalue weighted by atomic mass is 32.2. The topological polar surface area (TPSA) is 29.5 Å². The van der Waals surface area contributed by atoms with Gasteiger partial charge in [-0.05, 0) is 47.6 Å². The molecule has 1 aliphatic rings. The fraction of sp³-hybridized carbons (Fsp3) is 0.458. The number of hydrogen-bond donors (Lipinski definition) is 0. The smallest absolute Gasteiger partial charge is 0.224 e. The van der Waals surface area contributed by atoms with Crippen molar-refractivity contribution in [3.8, 4) is 11.5 Å². The summed E-state index contributed by atoms with van der Waals surface area (Å²) < 4.78 is 5.98. The van der Waals surface area contributed by atoms with Crippen molar-refractivity contribution in [2.45, 2.75) is 45.9 Å². The lowest BCUT2D eigenvalue weighted by molar-refractivity contribution is -0.132. The first-order valence-corrected chi connectivity index (χ1v) is 11.1. The number of para-hydroxylation sites is 1. The Hall–Kier alpha value is -1.94. The van der Waals surface area contributed by atoms with Gasteiger partial charge in [0.25, 0.3) is 0 Å².